The van der Waals surface area contributed by atoms with Gasteiger partial charge >= 0.3 is 0 Å². The molecule has 1 aliphatic heterocycles. The Morgan fingerprint density at radius 1 is 1.63 bits per heavy atom. The number of oxime groups is 1. The van der Waals surface area contributed by atoms with Crippen LogP contribution in [0.15, 0.2) is 5.16 Å². The first-order valence-corrected chi connectivity index (χ1v) is 6.03. The monoisotopic (exact) mass is 270 g/mol. The predicted octanol–water partition coefficient (Wildman–Crippen LogP) is -0.977. The van der Waals surface area contributed by atoms with Crippen LogP contribution in [0.4, 0.5) is 0 Å². The normalized spacial score (nSPS) is 22.1. The van der Waals surface area contributed by atoms with Crippen LogP contribution >= 0.6 is 0 Å². The maximum atomic E-state index is 12.3. The van der Waals surface area contributed by atoms with Crippen LogP contribution in [0, 0.1) is 5.92 Å². The summed E-state index contributed by atoms with van der Waals surface area (Å²) in [4.78, 5) is 36.3. The minimum Gasteiger partial charge on any atom is -0.409 e. The largest absolute Gasteiger partial charge is 0.409 e. The van der Waals surface area contributed by atoms with Crippen molar-refractivity contribution < 1.29 is 19.6 Å². The minimum atomic E-state index is -0.823. The molecule has 4 N–H and O–H groups in total. The van der Waals surface area contributed by atoms with Crippen molar-refractivity contribution in [1.29, 1.82) is 0 Å². The molecule has 106 valence electrons. The molecular weight excluding hydrogens is 252 g/mol. The Morgan fingerprint density at radius 3 is 2.79 bits per heavy atom. The summed E-state index contributed by atoms with van der Waals surface area (Å²) in [6.45, 7) is 3.17. The maximum absolute atomic E-state index is 12.3. The Hall–Kier alpha value is -2.12. The molecule has 0 saturated carbocycles. The van der Waals surface area contributed by atoms with E-state index in [1.54, 1.807) is 0 Å². The van der Waals surface area contributed by atoms with Crippen LogP contribution in [0.5, 0.6) is 0 Å². The van der Waals surface area contributed by atoms with Gasteiger partial charge in [0.15, 0.2) is 5.84 Å². The lowest BCUT2D eigenvalue weighted by Gasteiger charge is -2.33. The van der Waals surface area contributed by atoms with Gasteiger partial charge in [-0.15, -0.1) is 0 Å². The van der Waals surface area contributed by atoms with Crippen LogP contribution < -0.4 is 11.1 Å². The van der Waals surface area contributed by atoms with Gasteiger partial charge in [-0.1, -0.05) is 18.5 Å². The van der Waals surface area contributed by atoms with Crippen molar-refractivity contribution in [2.45, 2.75) is 32.7 Å². The summed E-state index contributed by atoms with van der Waals surface area (Å²) in [6.07, 6.45) is 1.03. The molecule has 0 spiro atoms. The zero-order chi connectivity index (χ0) is 14.6. The van der Waals surface area contributed by atoms with Gasteiger partial charge in [-0.05, 0) is 13.3 Å². The molecule has 1 saturated heterocycles. The molecule has 0 aromatic rings. The summed E-state index contributed by atoms with van der Waals surface area (Å²) in [5.41, 5.74) is 5.49. The summed E-state index contributed by atoms with van der Waals surface area (Å²) < 4.78 is 0. The molecule has 0 radical (unpaired) electrons. The lowest BCUT2D eigenvalue weighted by atomic mass is 9.99. The molecule has 1 aliphatic rings. The first kappa shape index (κ1) is 14.9. The van der Waals surface area contributed by atoms with Crippen molar-refractivity contribution in [3.05, 3.63) is 0 Å². The van der Waals surface area contributed by atoms with Crippen molar-refractivity contribution in [3.8, 4) is 0 Å². The minimum absolute atomic E-state index is 0.204. The van der Waals surface area contributed by atoms with Crippen LogP contribution in [0.2, 0.25) is 0 Å². The average Bonchev–Trinajstić information content (AvgIpc) is 2.38. The van der Waals surface area contributed by atoms with E-state index in [2.05, 4.69) is 10.5 Å². The number of imide groups is 1. The third kappa shape index (κ3) is 3.21. The number of hydrogen-bond acceptors (Lipinski definition) is 5. The Bertz CT molecular complexity index is 421. The Labute approximate surface area is 110 Å². The molecule has 1 fully saturated rings. The molecule has 0 aliphatic carbocycles. The van der Waals surface area contributed by atoms with E-state index in [9.17, 15) is 14.4 Å². The molecule has 2 atom stereocenters. The number of amides is 3. The fraction of sp³-hybridized carbons (Fsp3) is 0.636. The number of nitrogens with two attached hydrogens (primary N) is 1. The predicted molar refractivity (Wildman–Crippen MR) is 66.1 cm³/mol. The number of piperazine rings is 1. The van der Waals surface area contributed by atoms with E-state index in [0.29, 0.717) is 12.8 Å². The Balaban J connectivity index is 2.95. The molecule has 0 aromatic carbocycles. The van der Waals surface area contributed by atoms with Crippen LogP contribution in [-0.4, -0.2) is 46.3 Å². The topological polar surface area (TPSA) is 125 Å². The molecule has 0 bridgehead atoms. The number of nitrogens with one attached hydrogen (secondary N) is 1. The number of carbonyl (C=O) groups excluding carboxylic acids is 3. The number of hydrogen-bond donors (Lipinski definition) is 3. The molecule has 8 heteroatoms. The number of amidine groups is 1. The van der Waals surface area contributed by atoms with Gasteiger partial charge < -0.3 is 15.8 Å². The van der Waals surface area contributed by atoms with Crippen molar-refractivity contribution in [1.82, 2.24) is 10.2 Å². The Kier molecular flexibility index (Phi) is 4.85. The molecular formula is C11H18N4O4. The van der Waals surface area contributed by atoms with Crippen molar-refractivity contribution in [2.24, 2.45) is 16.8 Å². The van der Waals surface area contributed by atoms with Gasteiger partial charge in [0.1, 0.15) is 12.6 Å². The van der Waals surface area contributed by atoms with E-state index in [4.69, 9.17) is 10.9 Å². The second-order valence-electron chi connectivity index (χ2n) is 4.42. The second kappa shape index (κ2) is 6.17. The van der Waals surface area contributed by atoms with Gasteiger partial charge in [0, 0.05) is 0 Å². The third-order valence-corrected chi connectivity index (χ3v) is 3.05. The van der Waals surface area contributed by atoms with Crippen molar-refractivity contribution in [3.63, 3.8) is 0 Å². The van der Waals surface area contributed by atoms with Crippen LogP contribution in [-0.2, 0) is 14.4 Å². The zero-order valence-electron chi connectivity index (χ0n) is 10.9. The summed E-state index contributed by atoms with van der Waals surface area (Å²) in [5.74, 6) is -2.58. The fourth-order valence-corrected chi connectivity index (χ4v) is 1.94. The molecule has 0 aromatic heterocycles. The van der Waals surface area contributed by atoms with E-state index in [-0.39, 0.29) is 12.4 Å². The molecule has 1 heterocycles. The van der Waals surface area contributed by atoms with Gasteiger partial charge in [-0.3, -0.25) is 19.7 Å². The van der Waals surface area contributed by atoms with E-state index < -0.39 is 29.7 Å². The molecule has 3 amide bonds. The highest BCUT2D eigenvalue weighted by atomic mass is 16.4. The summed E-state index contributed by atoms with van der Waals surface area (Å²) in [5, 5.41) is 13.7. The molecule has 8 nitrogen and oxygen atoms in total. The van der Waals surface area contributed by atoms with Gasteiger partial charge in [-0.25, -0.2) is 0 Å². The van der Waals surface area contributed by atoms with E-state index in [1.807, 2.05) is 6.92 Å². The van der Waals surface area contributed by atoms with E-state index in [0.717, 1.165) is 4.90 Å². The van der Waals surface area contributed by atoms with Crippen LogP contribution in [0.3, 0.4) is 0 Å². The summed E-state index contributed by atoms with van der Waals surface area (Å²) in [6, 6.07) is -0.754. The van der Waals surface area contributed by atoms with E-state index in [1.165, 1.54) is 6.92 Å². The zero-order valence-corrected chi connectivity index (χ0v) is 10.9. The van der Waals surface area contributed by atoms with Gasteiger partial charge in [-0.2, -0.15) is 0 Å². The van der Waals surface area contributed by atoms with Gasteiger partial charge in [0.2, 0.25) is 17.7 Å². The highest BCUT2D eigenvalue weighted by molar-refractivity contribution is 6.08. The number of nitrogens with zero attached hydrogens (tertiary/aromatic N) is 2. The quantitative estimate of drug-likeness (QED) is 0.199. The lowest BCUT2D eigenvalue weighted by Crippen LogP contribution is -2.60. The first-order chi connectivity index (χ1) is 8.92. The molecule has 2 unspecified atom stereocenters. The van der Waals surface area contributed by atoms with Crippen LogP contribution in [0.25, 0.3) is 0 Å². The number of rotatable bonds is 4. The smallest absolute Gasteiger partial charge is 0.249 e. The van der Waals surface area contributed by atoms with Crippen molar-refractivity contribution >= 4 is 23.6 Å². The average molecular weight is 270 g/mol. The SMILES string of the molecule is CCCC(C(=O)N1CC(=O)NC(=O)C1C)C(N)=NO. The summed E-state index contributed by atoms with van der Waals surface area (Å²) in [7, 11) is 0. The highest BCUT2D eigenvalue weighted by Crippen LogP contribution is 2.15. The van der Waals surface area contributed by atoms with Gasteiger partial charge in [0.25, 0.3) is 0 Å². The van der Waals surface area contributed by atoms with Crippen LogP contribution in [0.1, 0.15) is 26.7 Å². The fourth-order valence-electron chi connectivity index (χ4n) is 1.94. The molecule has 19 heavy (non-hydrogen) atoms. The number of carbonyl (C=O) groups is 3. The third-order valence-electron chi connectivity index (χ3n) is 3.05. The van der Waals surface area contributed by atoms with E-state index >= 15 is 0 Å². The second-order valence-corrected chi connectivity index (χ2v) is 4.42. The highest BCUT2D eigenvalue weighted by Gasteiger charge is 2.37. The Morgan fingerprint density at radius 2 is 2.26 bits per heavy atom. The maximum Gasteiger partial charge on any atom is 0.249 e. The first-order valence-electron chi connectivity index (χ1n) is 6.03. The standard InChI is InChI=1S/C11H18N4O4/c1-3-4-7(9(12)14-19)11(18)15-5-8(16)13-10(17)6(15)2/h6-7,19H,3-5H2,1-2H3,(H2,12,14)(H,13,16,17). The summed E-state index contributed by atoms with van der Waals surface area (Å²) >= 11 is 0. The van der Waals surface area contributed by atoms with Gasteiger partial charge in [0.05, 0.1) is 5.92 Å². The lowest BCUT2D eigenvalue weighted by molar-refractivity contribution is -0.150. The van der Waals surface area contributed by atoms with Crippen molar-refractivity contribution in [2.75, 3.05) is 6.54 Å². The molecule has 1 rings (SSSR count).